The summed E-state index contributed by atoms with van der Waals surface area (Å²) >= 11 is 5.06. The highest BCUT2D eigenvalue weighted by Crippen LogP contribution is 2.23. The quantitative estimate of drug-likeness (QED) is 0.816. The normalized spacial score (nSPS) is 10.3. The van der Waals surface area contributed by atoms with Gasteiger partial charge in [-0.1, -0.05) is 0 Å². The maximum atomic E-state index is 11.8. The van der Waals surface area contributed by atoms with Crippen LogP contribution in [0.4, 0.5) is 5.69 Å². The zero-order valence-electron chi connectivity index (χ0n) is 11.0. The van der Waals surface area contributed by atoms with E-state index in [2.05, 4.69) is 26.2 Å². The topological polar surface area (TPSA) is 79.3 Å². The zero-order valence-corrected chi connectivity index (χ0v) is 13.4. The van der Waals surface area contributed by atoms with E-state index in [9.17, 15) is 9.59 Å². The molecule has 2 aromatic heterocycles. The molecule has 0 saturated carbocycles. The molecule has 0 bridgehead atoms. The van der Waals surface area contributed by atoms with E-state index >= 15 is 0 Å². The van der Waals surface area contributed by atoms with E-state index in [-0.39, 0.29) is 11.6 Å². The molecule has 0 radical (unpaired) electrons. The molecule has 0 spiro atoms. The van der Waals surface area contributed by atoms with E-state index in [0.29, 0.717) is 12.1 Å². The molecule has 7 heteroatoms. The first kappa shape index (κ1) is 15.7. The van der Waals surface area contributed by atoms with Crippen molar-refractivity contribution in [1.29, 1.82) is 0 Å². The number of amides is 1. The number of aromatic nitrogens is 1. The number of pyridine rings is 1. The number of hydrogen-bond donors (Lipinski definition) is 2. The summed E-state index contributed by atoms with van der Waals surface area (Å²) in [6.07, 6.45) is 3.35. The minimum Gasteiger partial charge on any atom is -0.477 e. The highest BCUT2D eigenvalue weighted by atomic mass is 79.9. The van der Waals surface area contributed by atoms with Crippen LogP contribution in [-0.4, -0.2) is 22.0 Å². The molecule has 0 saturated heterocycles. The predicted octanol–water partition coefficient (Wildman–Crippen LogP) is 3.57. The third kappa shape index (κ3) is 4.95. The Kier molecular flexibility index (Phi) is 5.46. The third-order valence-corrected chi connectivity index (χ3v) is 4.40. The highest BCUT2D eigenvalue weighted by molar-refractivity contribution is 9.11. The summed E-state index contributed by atoms with van der Waals surface area (Å²) in [5.74, 6) is -1.25. The fourth-order valence-corrected chi connectivity index (χ4v) is 3.28. The minimum absolute atomic E-state index is 0.0868. The number of aryl methyl sites for hydroxylation is 1. The Morgan fingerprint density at radius 1 is 1.33 bits per heavy atom. The molecule has 0 atom stereocenters. The van der Waals surface area contributed by atoms with E-state index in [1.54, 1.807) is 17.4 Å². The van der Waals surface area contributed by atoms with Gasteiger partial charge in [0, 0.05) is 23.2 Å². The lowest BCUT2D eigenvalue weighted by Crippen LogP contribution is -2.12. The largest absolute Gasteiger partial charge is 0.477 e. The van der Waals surface area contributed by atoms with Gasteiger partial charge in [0.15, 0.2) is 0 Å². The zero-order chi connectivity index (χ0) is 15.2. The van der Waals surface area contributed by atoms with Crippen molar-refractivity contribution in [3.05, 3.63) is 44.8 Å². The number of carbonyl (C=O) groups is 2. The molecule has 110 valence electrons. The Morgan fingerprint density at radius 2 is 2.14 bits per heavy atom. The van der Waals surface area contributed by atoms with Crippen molar-refractivity contribution in [3.8, 4) is 0 Å². The van der Waals surface area contributed by atoms with Crippen LogP contribution in [0.5, 0.6) is 0 Å². The van der Waals surface area contributed by atoms with Crippen LogP contribution in [0, 0.1) is 0 Å². The van der Waals surface area contributed by atoms with Gasteiger partial charge in [0.2, 0.25) is 5.91 Å². The number of nitrogens with one attached hydrogen (secondary N) is 1. The highest BCUT2D eigenvalue weighted by Gasteiger charge is 2.08. The molecule has 2 N–H and O–H groups in total. The number of rotatable bonds is 6. The van der Waals surface area contributed by atoms with Crippen LogP contribution in [0.2, 0.25) is 0 Å². The molecule has 2 rings (SSSR count). The van der Waals surface area contributed by atoms with Gasteiger partial charge in [-0.2, -0.15) is 0 Å². The van der Waals surface area contributed by atoms with E-state index in [1.807, 2.05) is 12.1 Å². The second-order valence-electron chi connectivity index (χ2n) is 4.34. The van der Waals surface area contributed by atoms with Gasteiger partial charge < -0.3 is 10.4 Å². The maximum Gasteiger partial charge on any atom is 0.354 e. The van der Waals surface area contributed by atoms with Crippen molar-refractivity contribution in [1.82, 2.24) is 4.98 Å². The van der Waals surface area contributed by atoms with Crippen molar-refractivity contribution in [2.24, 2.45) is 0 Å². The Balaban J connectivity index is 1.81. The molecule has 1 amide bonds. The van der Waals surface area contributed by atoms with Crippen molar-refractivity contribution in [3.63, 3.8) is 0 Å². The minimum atomic E-state index is -1.12. The van der Waals surface area contributed by atoms with Crippen LogP contribution in [0.3, 0.4) is 0 Å². The van der Waals surface area contributed by atoms with Gasteiger partial charge in [-0.15, -0.1) is 11.3 Å². The number of anilines is 1. The summed E-state index contributed by atoms with van der Waals surface area (Å²) in [4.78, 5) is 27.5. The fraction of sp³-hybridized carbons (Fsp3) is 0.214. The van der Waals surface area contributed by atoms with Crippen LogP contribution < -0.4 is 5.32 Å². The number of aromatic carboxylic acids is 1. The summed E-state index contributed by atoms with van der Waals surface area (Å²) in [5, 5.41) is 11.5. The summed E-state index contributed by atoms with van der Waals surface area (Å²) in [6.45, 7) is 0. The Labute approximate surface area is 134 Å². The molecule has 5 nitrogen and oxygen atoms in total. The van der Waals surface area contributed by atoms with Gasteiger partial charge in [-0.3, -0.25) is 4.79 Å². The monoisotopic (exact) mass is 368 g/mol. The fourth-order valence-electron chi connectivity index (χ4n) is 1.76. The molecule has 2 aromatic rings. The molecule has 0 aromatic carbocycles. The average molecular weight is 369 g/mol. The molecular formula is C14H13BrN2O3S. The first-order valence-electron chi connectivity index (χ1n) is 6.28. The summed E-state index contributed by atoms with van der Waals surface area (Å²) in [7, 11) is 0. The predicted molar refractivity (Wildman–Crippen MR) is 84.8 cm³/mol. The van der Waals surface area contributed by atoms with Crippen LogP contribution in [0.15, 0.2) is 34.2 Å². The van der Waals surface area contributed by atoms with Crippen LogP contribution in [-0.2, 0) is 11.2 Å². The molecule has 0 aliphatic carbocycles. The second kappa shape index (κ2) is 7.33. The Hall–Kier alpha value is -1.73. The van der Waals surface area contributed by atoms with Crippen LogP contribution in [0.25, 0.3) is 0 Å². The molecule has 2 heterocycles. The number of nitrogens with zero attached hydrogens (tertiary/aromatic N) is 1. The summed E-state index contributed by atoms with van der Waals surface area (Å²) in [5.41, 5.74) is 0.363. The third-order valence-electron chi connectivity index (χ3n) is 2.72. The SMILES string of the molecule is O=C(CCCc1ccc(Br)s1)Nc1ccnc(C(=O)O)c1. The molecule has 0 fully saturated rings. The van der Waals surface area contributed by atoms with Crippen molar-refractivity contribution in [2.75, 3.05) is 5.32 Å². The Morgan fingerprint density at radius 3 is 2.81 bits per heavy atom. The van der Waals surface area contributed by atoms with E-state index in [0.717, 1.165) is 16.6 Å². The molecule has 0 aliphatic heterocycles. The number of carbonyl (C=O) groups excluding carboxylic acids is 1. The van der Waals surface area contributed by atoms with Gasteiger partial charge >= 0.3 is 5.97 Å². The van der Waals surface area contributed by atoms with Crippen LogP contribution >= 0.6 is 27.3 Å². The number of hydrogen-bond acceptors (Lipinski definition) is 4. The average Bonchev–Trinajstić information content (AvgIpc) is 2.84. The maximum absolute atomic E-state index is 11.8. The van der Waals surface area contributed by atoms with E-state index < -0.39 is 5.97 Å². The van der Waals surface area contributed by atoms with Crippen molar-refractivity contribution < 1.29 is 14.7 Å². The molecule has 0 aliphatic rings. The van der Waals surface area contributed by atoms with Crippen LogP contribution in [0.1, 0.15) is 28.2 Å². The lowest BCUT2D eigenvalue weighted by atomic mass is 10.2. The number of thiophene rings is 1. The van der Waals surface area contributed by atoms with Crippen molar-refractivity contribution in [2.45, 2.75) is 19.3 Å². The number of halogens is 1. The first-order valence-corrected chi connectivity index (χ1v) is 7.89. The van der Waals surface area contributed by atoms with Gasteiger partial charge in [-0.05, 0) is 53.0 Å². The summed E-state index contributed by atoms with van der Waals surface area (Å²) in [6, 6.07) is 6.94. The van der Waals surface area contributed by atoms with Gasteiger partial charge in [-0.25, -0.2) is 9.78 Å². The van der Waals surface area contributed by atoms with E-state index in [1.165, 1.54) is 17.1 Å². The van der Waals surface area contributed by atoms with Crippen molar-refractivity contribution >= 4 is 44.8 Å². The second-order valence-corrected chi connectivity index (χ2v) is 6.89. The van der Waals surface area contributed by atoms with Gasteiger partial charge in [0.1, 0.15) is 5.69 Å². The Bertz CT molecular complexity index is 657. The molecule has 0 unspecified atom stereocenters. The lowest BCUT2D eigenvalue weighted by molar-refractivity contribution is -0.116. The first-order chi connectivity index (χ1) is 10.0. The lowest BCUT2D eigenvalue weighted by Gasteiger charge is -2.05. The number of carboxylic acids is 1. The van der Waals surface area contributed by atoms with Gasteiger partial charge in [0.05, 0.1) is 3.79 Å². The molecular weight excluding hydrogens is 356 g/mol. The number of carboxylic acid groups (broad SMARTS) is 1. The van der Waals surface area contributed by atoms with E-state index in [4.69, 9.17) is 5.11 Å². The summed E-state index contributed by atoms with van der Waals surface area (Å²) < 4.78 is 1.08. The molecule has 21 heavy (non-hydrogen) atoms. The standard InChI is InChI=1S/C14H13BrN2O3S/c15-12-5-4-10(21-12)2-1-3-13(18)17-9-6-7-16-11(8-9)14(19)20/h4-8H,1-3H2,(H,19,20)(H,16,17,18). The smallest absolute Gasteiger partial charge is 0.354 e. The van der Waals surface area contributed by atoms with Gasteiger partial charge in [0.25, 0.3) is 0 Å².